The van der Waals surface area contributed by atoms with Crippen LogP contribution in [-0.2, 0) is 4.79 Å². The molecule has 2 rings (SSSR count). The Morgan fingerprint density at radius 1 is 1.14 bits per heavy atom. The average molecular weight is 356 g/mol. The van der Waals surface area contributed by atoms with Crippen molar-refractivity contribution in [1.82, 2.24) is 0 Å². The molecule has 0 aliphatic carbocycles. The summed E-state index contributed by atoms with van der Waals surface area (Å²) in [5.41, 5.74) is 0.731. The van der Waals surface area contributed by atoms with E-state index in [0.717, 1.165) is 0 Å². The van der Waals surface area contributed by atoms with Gasteiger partial charge in [0.05, 0.1) is 32.4 Å². The van der Waals surface area contributed by atoms with E-state index < -0.39 is 5.91 Å². The molecular weight excluding hydrogens is 347 g/mol. The lowest BCUT2D eigenvalue weighted by Crippen LogP contribution is -2.20. The van der Waals surface area contributed by atoms with Crippen LogP contribution in [0.4, 0.5) is 5.69 Å². The molecule has 0 saturated carbocycles. The van der Waals surface area contributed by atoms with Crippen molar-refractivity contribution in [1.29, 1.82) is 5.26 Å². The van der Waals surface area contributed by atoms with E-state index in [1.165, 1.54) is 12.1 Å². The van der Waals surface area contributed by atoms with Gasteiger partial charge in [-0.2, -0.15) is 5.26 Å². The smallest absolute Gasteiger partial charge is 0.262 e. The molecule has 0 aliphatic heterocycles. The van der Waals surface area contributed by atoms with Gasteiger partial charge in [-0.25, -0.2) is 0 Å². The molecule has 1 amide bonds. The molecule has 0 aliphatic rings. The molecule has 7 heteroatoms. The van der Waals surface area contributed by atoms with E-state index in [1.807, 2.05) is 6.07 Å². The number of hydrogen-bond acceptors (Lipinski definition) is 3. The SMILES string of the molecule is N#Cc1ccc(OCC(=O)Nc2c(Cl)cccc2Cl)c(Cl)c1. The maximum absolute atomic E-state index is 11.9. The monoisotopic (exact) mass is 354 g/mol. The standard InChI is InChI=1S/C15H9Cl3N2O2/c16-10-2-1-3-11(17)15(10)20-14(21)8-22-13-5-4-9(7-19)6-12(13)18/h1-6H,8H2,(H,20,21). The quantitative estimate of drug-likeness (QED) is 0.876. The molecule has 0 heterocycles. The number of carbonyl (C=O) groups is 1. The van der Waals surface area contributed by atoms with E-state index in [2.05, 4.69) is 5.32 Å². The molecule has 0 unspecified atom stereocenters. The lowest BCUT2D eigenvalue weighted by molar-refractivity contribution is -0.118. The van der Waals surface area contributed by atoms with Crippen LogP contribution in [0, 0.1) is 11.3 Å². The maximum atomic E-state index is 11.9. The van der Waals surface area contributed by atoms with Crippen LogP contribution in [-0.4, -0.2) is 12.5 Å². The zero-order valence-electron chi connectivity index (χ0n) is 11.1. The molecule has 22 heavy (non-hydrogen) atoms. The molecule has 0 bridgehead atoms. The number of nitriles is 1. The van der Waals surface area contributed by atoms with Crippen LogP contribution in [0.1, 0.15) is 5.56 Å². The van der Waals surface area contributed by atoms with Crippen LogP contribution in [0.5, 0.6) is 5.75 Å². The molecule has 2 aromatic carbocycles. The number of anilines is 1. The Morgan fingerprint density at radius 2 is 1.82 bits per heavy atom. The zero-order chi connectivity index (χ0) is 16.1. The fourth-order valence-corrected chi connectivity index (χ4v) is 2.35. The molecule has 112 valence electrons. The maximum Gasteiger partial charge on any atom is 0.262 e. The molecule has 0 saturated heterocycles. The summed E-state index contributed by atoms with van der Waals surface area (Å²) in [6, 6.07) is 11.4. The van der Waals surface area contributed by atoms with Crippen molar-refractivity contribution in [3.05, 3.63) is 57.0 Å². The summed E-state index contributed by atoms with van der Waals surface area (Å²) in [5.74, 6) is -0.128. The van der Waals surface area contributed by atoms with Crippen LogP contribution in [0.2, 0.25) is 15.1 Å². The minimum Gasteiger partial charge on any atom is -0.482 e. The second-order valence-electron chi connectivity index (χ2n) is 4.19. The third-order valence-corrected chi connectivity index (χ3v) is 3.57. The number of para-hydroxylation sites is 1. The fourth-order valence-electron chi connectivity index (χ4n) is 1.62. The van der Waals surface area contributed by atoms with Gasteiger partial charge in [-0.3, -0.25) is 4.79 Å². The second kappa shape index (κ2) is 7.37. The highest BCUT2D eigenvalue weighted by molar-refractivity contribution is 6.39. The predicted octanol–water partition coefficient (Wildman–Crippen LogP) is 4.54. The number of nitrogens with one attached hydrogen (secondary N) is 1. The number of nitrogens with zero attached hydrogens (tertiary/aromatic N) is 1. The molecule has 0 aromatic heterocycles. The highest BCUT2D eigenvalue weighted by Gasteiger charge is 2.11. The molecular formula is C15H9Cl3N2O2. The molecule has 2 aromatic rings. The minimum atomic E-state index is -0.435. The number of halogens is 3. The number of benzene rings is 2. The van der Waals surface area contributed by atoms with Gasteiger partial charge in [0.1, 0.15) is 5.75 Å². The summed E-state index contributed by atoms with van der Waals surface area (Å²) in [6.45, 7) is -0.271. The number of amides is 1. The summed E-state index contributed by atoms with van der Waals surface area (Å²) in [7, 11) is 0. The van der Waals surface area contributed by atoms with Crippen molar-refractivity contribution < 1.29 is 9.53 Å². The molecule has 0 atom stereocenters. The highest BCUT2D eigenvalue weighted by atomic mass is 35.5. The molecule has 1 N–H and O–H groups in total. The van der Waals surface area contributed by atoms with Crippen molar-refractivity contribution in [3.63, 3.8) is 0 Å². The van der Waals surface area contributed by atoms with Gasteiger partial charge in [0.15, 0.2) is 6.61 Å². The van der Waals surface area contributed by atoms with E-state index in [1.54, 1.807) is 24.3 Å². The lowest BCUT2D eigenvalue weighted by atomic mass is 10.2. The number of hydrogen-bond donors (Lipinski definition) is 1. The van der Waals surface area contributed by atoms with Gasteiger partial charge in [0, 0.05) is 0 Å². The van der Waals surface area contributed by atoms with E-state index in [4.69, 9.17) is 44.8 Å². The third kappa shape index (κ3) is 4.05. The lowest BCUT2D eigenvalue weighted by Gasteiger charge is -2.11. The van der Waals surface area contributed by atoms with Crippen molar-refractivity contribution in [3.8, 4) is 11.8 Å². The summed E-state index contributed by atoms with van der Waals surface area (Å²) in [6.07, 6.45) is 0. The van der Waals surface area contributed by atoms with Gasteiger partial charge in [0.2, 0.25) is 0 Å². The third-order valence-electron chi connectivity index (χ3n) is 2.65. The van der Waals surface area contributed by atoms with E-state index in [9.17, 15) is 4.79 Å². The Bertz CT molecular complexity index is 737. The minimum absolute atomic E-state index is 0.252. The summed E-state index contributed by atoms with van der Waals surface area (Å²) >= 11 is 17.9. The van der Waals surface area contributed by atoms with Gasteiger partial charge < -0.3 is 10.1 Å². The van der Waals surface area contributed by atoms with Crippen LogP contribution in [0.15, 0.2) is 36.4 Å². The number of rotatable bonds is 4. The Labute approximate surface area is 142 Å². The molecule has 0 spiro atoms. The van der Waals surface area contributed by atoms with E-state index >= 15 is 0 Å². The van der Waals surface area contributed by atoms with Gasteiger partial charge in [-0.05, 0) is 30.3 Å². The first-order valence-corrected chi connectivity index (χ1v) is 7.21. The Morgan fingerprint density at radius 3 is 2.41 bits per heavy atom. The first-order valence-electron chi connectivity index (χ1n) is 6.07. The molecule has 0 fully saturated rings. The van der Waals surface area contributed by atoms with Crippen LogP contribution in [0.25, 0.3) is 0 Å². The van der Waals surface area contributed by atoms with Gasteiger partial charge >= 0.3 is 0 Å². The van der Waals surface area contributed by atoms with Crippen molar-refractivity contribution in [2.45, 2.75) is 0 Å². The van der Waals surface area contributed by atoms with Crippen LogP contribution < -0.4 is 10.1 Å². The summed E-state index contributed by atoms with van der Waals surface area (Å²) < 4.78 is 5.31. The van der Waals surface area contributed by atoms with Crippen molar-refractivity contribution in [2.75, 3.05) is 11.9 Å². The first-order chi connectivity index (χ1) is 10.5. The van der Waals surface area contributed by atoms with Crippen LogP contribution >= 0.6 is 34.8 Å². The Hall–Kier alpha value is -1.93. The molecule has 0 radical (unpaired) electrons. The van der Waals surface area contributed by atoms with Gasteiger partial charge in [0.25, 0.3) is 5.91 Å². The molecule has 4 nitrogen and oxygen atoms in total. The fraction of sp³-hybridized carbons (Fsp3) is 0.0667. The summed E-state index contributed by atoms with van der Waals surface area (Å²) in [5, 5.41) is 12.2. The summed E-state index contributed by atoms with van der Waals surface area (Å²) in [4.78, 5) is 11.9. The Balaban J connectivity index is 2.00. The normalized spacial score (nSPS) is 9.91. The average Bonchev–Trinajstić information content (AvgIpc) is 2.49. The topological polar surface area (TPSA) is 62.1 Å². The van der Waals surface area contributed by atoms with Crippen molar-refractivity contribution >= 4 is 46.4 Å². The Kier molecular flexibility index (Phi) is 5.51. The van der Waals surface area contributed by atoms with Crippen LogP contribution in [0.3, 0.4) is 0 Å². The second-order valence-corrected chi connectivity index (χ2v) is 5.41. The highest BCUT2D eigenvalue weighted by Crippen LogP contribution is 2.30. The predicted molar refractivity (Wildman–Crippen MR) is 86.8 cm³/mol. The van der Waals surface area contributed by atoms with Crippen molar-refractivity contribution in [2.24, 2.45) is 0 Å². The van der Waals surface area contributed by atoms with E-state index in [0.29, 0.717) is 27.0 Å². The zero-order valence-corrected chi connectivity index (χ0v) is 13.3. The van der Waals surface area contributed by atoms with Gasteiger partial charge in [-0.1, -0.05) is 40.9 Å². The number of carbonyl (C=O) groups excluding carboxylic acids is 1. The van der Waals surface area contributed by atoms with E-state index in [-0.39, 0.29) is 11.6 Å². The first kappa shape index (κ1) is 16.4. The largest absolute Gasteiger partial charge is 0.482 e. The van der Waals surface area contributed by atoms with Gasteiger partial charge in [-0.15, -0.1) is 0 Å². The number of ether oxygens (including phenoxy) is 1.